The van der Waals surface area contributed by atoms with E-state index < -0.39 is 0 Å². The number of aromatic nitrogens is 1. The fraction of sp³-hybridized carbons (Fsp3) is 0.722. The minimum atomic E-state index is 0.664. The Labute approximate surface area is 130 Å². The summed E-state index contributed by atoms with van der Waals surface area (Å²) in [6.45, 7) is 9.31. The van der Waals surface area contributed by atoms with Gasteiger partial charge in [-0.05, 0) is 24.9 Å². The molecule has 0 aliphatic heterocycles. The van der Waals surface area contributed by atoms with Crippen LogP contribution in [-0.2, 0) is 6.54 Å². The average molecular weight is 292 g/mol. The molecule has 0 radical (unpaired) electrons. The highest BCUT2D eigenvalue weighted by atomic mass is 16.5. The fourth-order valence-electron chi connectivity index (χ4n) is 2.20. The van der Waals surface area contributed by atoms with E-state index in [1.54, 1.807) is 0 Å². The number of hydrogen-bond acceptors (Lipinski definition) is 3. The van der Waals surface area contributed by atoms with Crippen LogP contribution in [0.2, 0.25) is 0 Å². The van der Waals surface area contributed by atoms with Crippen molar-refractivity contribution in [1.29, 1.82) is 0 Å². The molecule has 1 aromatic heterocycles. The van der Waals surface area contributed by atoms with E-state index >= 15 is 0 Å². The van der Waals surface area contributed by atoms with E-state index in [1.807, 2.05) is 18.3 Å². The van der Waals surface area contributed by atoms with Crippen molar-refractivity contribution in [2.45, 2.75) is 65.8 Å². The third-order valence-corrected chi connectivity index (χ3v) is 3.41. The first kappa shape index (κ1) is 18.0. The van der Waals surface area contributed by atoms with E-state index in [0.717, 1.165) is 37.6 Å². The monoisotopic (exact) mass is 292 g/mol. The van der Waals surface area contributed by atoms with Gasteiger partial charge in [-0.1, -0.05) is 52.9 Å². The van der Waals surface area contributed by atoms with Crippen LogP contribution in [0, 0.1) is 5.92 Å². The lowest BCUT2D eigenvalue weighted by molar-refractivity contribution is 0.303. The Morgan fingerprint density at radius 2 is 1.90 bits per heavy atom. The summed E-state index contributed by atoms with van der Waals surface area (Å²) in [6.07, 6.45) is 9.61. The topological polar surface area (TPSA) is 34.1 Å². The summed E-state index contributed by atoms with van der Waals surface area (Å²) < 4.78 is 5.81. The third-order valence-electron chi connectivity index (χ3n) is 3.41. The summed E-state index contributed by atoms with van der Waals surface area (Å²) in [5.74, 6) is 1.61. The van der Waals surface area contributed by atoms with Crippen LogP contribution in [0.1, 0.15) is 65.0 Å². The van der Waals surface area contributed by atoms with Crippen LogP contribution in [0.25, 0.3) is 0 Å². The first-order valence-corrected chi connectivity index (χ1v) is 8.50. The summed E-state index contributed by atoms with van der Waals surface area (Å²) in [4.78, 5) is 4.37. The van der Waals surface area contributed by atoms with Gasteiger partial charge in [-0.25, -0.2) is 0 Å². The van der Waals surface area contributed by atoms with E-state index in [0.29, 0.717) is 5.92 Å². The second-order valence-electron chi connectivity index (χ2n) is 6.12. The molecule has 1 aromatic rings. The zero-order chi connectivity index (χ0) is 15.3. The Hall–Kier alpha value is -1.09. The first-order chi connectivity index (χ1) is 10.2. The lowest BCUT2D eigenvalue weighted by atomic mass is 10.1. The van der Waals surface area contributed by atoms with Crippen molar-refractivity contribution in [3.05, 3.63) is 24.0 Å². The molecule has 0 spiro atoms. The number of nitrogens with zero attached hydrogens (tertiary/aromatic N) is 1. The number of ether oxygens (including phenoxy) is 1. The maximum atomic E-state index is 5.81. The lowest BCUT2D eigenvalue weighted by Gasteiger charge is -2.09. The largest absolute Gasteiger partial charge is 0.493 e. The number of hydrogen-bond donors (Lipinski definition) is 1. The molecule has 0 fully saturated rings. The van der Waals surface area contributed by atoms with Crippen LogP contribution < -0.4 is 10.1 Å². The Bertz CT molecular complexity index is 366. The molecular formula is C18H32N2O. The molecule has 0 aromatic carbocycles. The molecule has 3 heteroatoms. The summed E-state index contributed by atoms with van der Waals surface area (Å²) in [6, 6.07) is 3.99. The van der Waals surface area contributed by atoms with Gasteiger partial charge in [0.25, 0.3) is 0 Å². The van der Waals surface area contributed by atoms with E-state index in [2.05, 4.69) is 31.1 Å². The molecular weight excluding hydrogens is 260 g/mol. The Kier molecular flexibility index (Phi) is 9.88. The Morgan fingerprint density at radius 1 is 1.14 bits per heavy atom. The molecule has 0 saturated carbocycles. The third kappa shape index (κ3) is 9.46. The van der Waals surface area contributed by atoms with Crippen molar-refractivity contribution < 1.29 is 4.74 Å². The molecule has 21 heavy (non-hydrogen) atoms. The number of pyridine rings is 1. The van der Waals surface area contributed by atoms with Crippen molar-refractivity contribution in [3.63, 3.8) is 0 Å². The van der Waals surface area contributed by atoms with Crippen LogP contribution in [0.5, 0.6) is 5.75 Å². The van der Waals surface area contributed by atoms with E-state index in [-0.39, 0.29) is 0 Å². The predicted molar refractivity (Wildman–Crippen MR) is 89.7 cm³/mol. The van der Waals surface area contributed by atoms with Gasteiger partial charge in [0.2, 0.25) is 0 Å². The van der Waals surface area contributed by atoms with Crippen LogP contribution in [0.4, 0.5) is 0 Å². The lowest BCUT2D eigenvalue weighted by Crippen LogP contribution is -2.19. The molecule has 0 atom stereocenters. The van der Waals surface area contributed by atoms with E-state index in [9.17, 15) is 0 Å². The maximum absolute atomic E-state index is 5.81. The second-order valence-corrected chi connectivity index (χ2v) is 6.12. The van der Waals surface area contributed by atoms with Crippen LogP contribution in [-0.4, -0.2) is 18.1 Å². The van der Waals surface area contributed by atoms with Gasteiger partial charge in [-0.2, -0.15) is 0 Å². The van der Waals surface area contributed by atoms with Crippen LogP contribution in [0.15, 0.2) is 18.3 Å². The smallest absolute Gasteiger partial charge is 0.122 e. The summed E-state index contributed by atoms with van der Waals surface area (Å²) in [7, 11) is 0. The van der Waals surface area contributed by atoms with Crippen molar-refractivity contribution in [2.24, 2.45) is 5.92 Å². The highest BCUT2D eigenvalue weighted by molar-refractivity contribution is 5.22. The van der Waals surface area contributed by atoms with Crippen LogP contribution >= 0.6 is 0 Å². The second kappa shape index (κ2) is 11.6. The quantitative estimate of drug-likeness (QED) is 0.573. The number of rotatable bonds is 12. The van der Waals surface area contributed by atoms with Crippen molar-refractivity contribution in [2.75, 3.05) is 13.2 Å². The van der Waals surface area contributed by atoms with Crippen molar-refractivity contribution in [3.8, 4) is 5.75 Å². The highest BCUT2D eigenvalue weighted by Gasteiger charge is 2.00. The normalized spacial score (nSPS) is 11.0. The minimum Gasteiger partial charge on any atom is -0.493 e. The Balaban J connectivity index is 2.17. The molecule has 0 saturated heterocycles. The van der Waals surface area contributed by atoms with Crippen molar-refractivity contribution in [1.82, 2.24) is 10.3 Å². The van der Waals surface area contributed by atoms with Gasteiger partial charge >= 0.3 is 0 Å². The zero-order valence-electron chi connectivity index (χ0n) is 14.0. The van der Waals surface area contributed by atoms with Gasteiger partial charge in [0, 0.05) is 18.8 Å². The predicted octanol–water partition coefficient (Wildman–Crippen LogP) is 4.57. The molecule has 0 unspecified atom stereocenters. The van der Waals surface area contributed by atoms with Gasteiger partial charge in [0.15, 0.2) is 0 Å². The molecule has 0 bridgehead atoms. The standard InChI is InChI=1S/C18H32N2O/c1-4-5-6-7-8-9-12-21-18-10-11-20-17(13-18)15-19-14-16(2)3/h10-11,13,16,19H,4-9,12,14-15H2,1-3H3. The highest BCUT2D eigenvalue weighted by Crippen LogP contribution is 2.12. The fourth-order valence-corrected chi connectivity index (χ4v) is 2.20. The molecule has 0 aliphatic carbocycles. The molecule has 120 valence electrons. The first-order valence-electron chi connectivity index (χ1n) is 8.50. The zero-order valence-corrected chi connectivity index (χ0v) is 14.0. The van der Waals surface area contributed by atoms with Gasteiger partial charge < -0.3 is 10.1 Å². The van der Waals surface area contributed by atoms with Crippen molar-refractivity contribution >= 4 is 0 Å². The molecule has 3 nitrogen and oxygen atoms in total. The van der Waals surface area contributed by atoms with E-state index in [1.165, 1.54) is 32.1 Å². The molecule has 1 rings (SSSR count). The number of nitrogens with one attached hydrogen (secondary N) is 1. The molecule has 0 amide bonds. The number of unbranched alkanes of at least 4 members (excludes halogenated alkanes) is 5. The molecule has 1 heterocycles. The maximum Gasteiger partial charge on any atom is 0.122 e. The van der Waals surface area contributed by atoms with Gasteiger partial charge in [-0.15, -0.1) is 0 Å². The molecule has 0 aliphatic rings. The van der Waals surface area contributed by atoms with E-state index in [4.69, 9.17) is 4.74 Å². The molecule has 1 N–H and O–H groups in total. The average Bonchev–Trinajstić information content (AvgIpc) is 2.46. The summed E-state index contributed by atoms with van der Waals surface area (Å²) in [5.41, 5.74) is 1.05. The minimum absolute atomic E-state index is 0.664. The summed E-state index contributed by atoms with van der Waals surface area (Å²) >= 11 is 0. The van der Waals surface area contributed by atoms with Gasteiger partial charge in [0.05, 0.1) is 12.3 Å². The van der Waals surface area contributed by atoms with Gasteiger partial charge in [-0.3, -0.25) is 4.98 Å². The van der Waals surface area contributed by atoms with Crippen LogP contribution in [0.3, 0.4) is 0 Å². The van der Waals surface area contributed by atoms with Gasteiger partial charge in [0.1, 0.15) is 5.75 Å². The Morgan fingerprint density at radius 3 is 2.67 bits per heavy atom. The SMILES string of the molecule is CCCCCCCCOc1ccnc(CNCC(C)C)c1. The summed E-state index contributed by atoms with van der Waals surface area (Å²) in [5, 5.41) is 3.41.